The highest BCUT2D eigenvalue weighted by Crippen LogP contribution is 2.37. The van der Waals surface area contributed by atoms with Gasteiger partial charge in [0.15, 0.2) is 11.5 Å². The molecule has 1 fully saturated rings. The van der Waals surface area contributed by atoms with Gasteiger partial charge in [-0.05, 0) is 24.1 Å². The third-order valence-electron chi connectivity index (χ3n) is 4.75. The maximum absolute atomic E-state index is 12.5. The fourth-order valence-electron chi connectivity index (χ4n) is 2.99. The zero-order chi connectivity index (χ0) is 20.0. The van der Waals surface area contributed by atoms with Crippen LogP contribution in [0.25, 0.3) is 0 Å². The third-order valence-corrected chi connectivity index (χ3v) is 4.75. The zero-order valence-corrected chi connectivity index (χ0v) is 16.5. The number of likely N-dealkylation sites (N-methyl/N-ethyl adjacent to an activating group) is 1. The number of hydrogen-bond donors (Lipinski definition) is 1. The molecule has 8 nitrogen and oxygen atoms in total. The van der Waals surface area contributed by atoms with E-state index in [1.54, 1.807) is 31.1 Å². The van der Waals surface area contributed by atoms with Crippen LogP contribution in [0, 0.1) is 0 Å². The number of hydrogen-bond acceptors (Lipinski definition) is 6. The van der Waals surface area contributed by atoms with Gasteiger partial charge in [-0.3, -0.25) is 14.5 Å². The lowest BCUT2D eigenvalue weighted by molar-refractivity contribution is -0.134. The molecule has 8 heteroatoms. The normalized spacial score (nSPS) is 14.7. The molecule has 0 radical (unpaired) electrons. The fourth-order valence-corrected chi connectivity index (χ4v) is 2.99. The summed E-state index contributed by atoms with van der Waals surface area (Å²) >= 11 is 0. The minimum atomic E-state index is -0.0431. The Bertz CT molecular complexity index is 644. The van der Waals surface area contributed by atoms with E-state index in [1.807, 2.05) is 4.90 Å². The van der Waals surface area contributed by atoms with Crippen LogP contribution < -0.4 is 9.47 Å². The molecule has 0 saturated carbocycles. The van der Waals surface area contributed by atoms with Crippen LogP contribution in [0.2, 0.25) is 0 Å². The Balaban J connectivity index is 1.86. The van der Waals surface area contributed by atoms with Crippen LogP contribution in [0.5, 0.6) is 17.2 Å². The molecule has 1 heterocycles. The summed E-state index contributed by atoms with van der Waals surface area (Å²) in [6.07, 6.45) is 0.902. The number of nitrogens with zero attached hydrogens (tertiary/aromatic N) is 3. The van der Waals surface area contributed by atoms with Crippen LogP contribution in [-0.4, -0.2) is 92.7 Å². The van der Waals surface area contributed by atoms with Gasteiger partial charge in [-0.1, -0.05) is 0 Å². The number of ether oxygens (including phenoxy) is 2. The molecular weight excluding hydrogens is 350 g/mol. The monoisotopic (exact) mass is 379 g/mol. The molecule has 1 N–H and O–H groups in total. The molecule has 0 aromatic heterocycles. The second-order valence-corrected chi connectivity index (χ2v) is 6.79. The van der Waals surface area contributed by atoms with Gasteiger partial charge in [0.1, 0.15) is 0 Å². The van der Waals surface area contributed by atoms with Crippen LogP contribution in [0.4, 0.5) is 0 Å². The molecule has 2 rings (SSSR count). The number of benzene rings is 1. The molecule has 27 heavy (non-hydrogen) atoms. The summed E-state index contributed by atoms with van der Waals surface area (Å²) in [5.41, 5.74) is 0.866. The zero-order valence-electron chi connectivity index (χ0n) is 16.5. The van der Waals surface area contributed by atoms with Crippen molar-refractivity contribution in [3.05, 3.63) is 17.7 Å². The Labute approximate surface area is 160 Å². The van der Waals surface area contributed by atoms with E-state index in [0.29, 0.717) is 57.1 Å². The van der Waals surface area contributed by atoms with Gasteiger partial charge in [0, 0.05) is 46.7 Å². The Morgan fingerprint density at radius 3 is 2.11 bits per heavy atom. The van der Waals surface area contributed by atoms with Crippen molar-refractivity contribution < 1.29 is 24.2 Å². The number of phenolic OH excluding ortho intramolecular Hbond substituents is 1. The predicted octanol–water partition coefficient (Wildman–Crippen LogP) is 0.574. The molecule has 150 valence electrons. The van der Waals surface area contributed by atoms with Gasteiger partial charge in [-0.15, -0.1) is 0 Å². The van der Waals surface area contributed by atoms with Gasteiger partial charge >= 0.3 is 0 Å². The molecule has 1 aliphatic rings. The molecule has 1 aromatic rings. The Morgan fingerprint density at radius 1 is 1.07 bits per heavy atom. The molecular formula is C19H29N3O5. The minimum absolute atomic E-state index is 0.0431. The molecule has 1 aromatic carbocycles. The molecule has 0 aliphatic carbocycles. The summed E-state index contributed by atoms with van der Waals surface area (Å²) in [6, 6.07) is 3.44. The standard InChI is InChI=1S/C19H29N3O5/c1-20(2)18(24)13-21-7-9-22(10-8-21)17(23)6-5-14-11-15(26-3)19(25)16(12-14)27-4/h11-12,25H,5-10,13H2,1-4H3. The van der Waals surface area contributed by atoms with Gasteiger partial charge in [-0.2, -0.15) is 0 Å². The van der Waals surface area contributed by atoms with Gasteiger partial charge in [-0.25, -0.2) is 0 Å². The van der Waals surface area contributed by atoms with Crippen LogP contribution in [0.15, 0.2) is 12.1 Å². The maximum atomic E-state index is 12.5. The summed E-state index contributed by atoms with van der Waals surface area (Å²) in [4.78, 5) is 29.8. The summed E-state index contributed by atoms with van der Waals surface area (Å²) in [5, 5.41) is 9.96. The largest absolute Gasteiger partial charge is 0.502 e. The first-order valence-electron chi connectivity index (χ1n) is 8.99. The molecule has 0 atom stereocenters. The summed E-state index contributed by atoms with van der Waals surface area (Å²) < 4.78 is 10.3. The van der Waals surface area contributed by atoms with Gasteiger partial charge in [0.25, 0.3) is 0 Å². The smallest absolute Gasteiger partial charge is 0.236 e. The van der Waals surface area contributed by atoms with E-state index in [4.69, 9.17) is 9.47 Å². The summed E-state index contributed by atoms with van der Waals surface area (Å²) in [7, 11) is 6.44. The van der Waals surface area contributed by atoms with Crippen molar-refractivity contribution in [1.82, 2.24) is 14.7 Å². The fraction of sp³-hybridized carbons (Fsp3) is 0.579. The molecule has 1 saturated heterocycles. The number of aryl methyl sites for hydroxylation is 1. The maximum Gasteiger partial charge on any atom is 0.236 e. The van der Waals surface area contributed by atoms with E-state index in [1.165, 1.54) is 14.2 Å². The van der Waals surface area contributed by atoms with Crippen LogP contribution >= 0.6 is 0 Å². The molecule has 1 aliphatic heterocycles. The number of piperazine rings is 1. The Hall–Kier alpha value is -2.48. The highest BCUT2D eigenvalue weighted by molar-refractivity contribution is 5.78. The second-order valence-electron chi connectivity index (χ2n) is 6.79. The molecule has 0 spiro atoms. The average molecular weight is 379 g/mol. The van der Waals surface area contributed by atoms with Crippen molar-refractivity contribution in [3.63, 3.8) is 0 Å². The van der Waals surface area contributed by atoms with Gasteiger partial charge < -0.3 is 24.4 Å². The first kappa shape index (κ1) is 20.8. The first-order chi connectivity index (χ1) is 12.8. The average Bonchev–Trinajstić information content (AvgIpc) is 2.67. The van der Waals surface area contributed by atoms with Crippen molar-refractivity contribution in [2.24, 2.45) is 0 Å². The van der Waals surface area contributed by atoms with E-state index in [0.717, 1.165) is 5.56 Å². The van der Waals surface area contributed by atoms with Crippen molar-refractivity contribution in [3.8, 4) is 17.2 Å². The van der Waals surface area contributed by atoms with Gasteiger partial charge in [0.05, 0.1) is 20.8 Å². The van der Waals surface area contributed by atoms with E-state index in [-0.39, 0.29) is 17.6 Å². The van der Waals surface area contributed by atoms with E-state index in [9.17, 15) is 14.7 Å². The lowest BCUT2D eigenvalue weighted by atomic mass is 10.1. The third kappa shape index (κ3) is 5.50. The molecule has 2 amide bonds. The quantitative estimate of drug-likeness (QED) is 0.746. The summed E-state index contributed by atoms with van der Waals surface area (Å²) in [6.45, 7) is 3.05. The van der Waals surface area contributed by atoms with Crippen LogP contribution in [0.1, 0.15) is 12.0 Å². The second kappa shape index (κ2) is 9.45. The lowest BCUT2D eigenvalue weighted by Crippen LogP contribution is -2.51. The first-order valence-corrected chi connectivity index (χ1v) is 8.99. The summed E-state index contributed by atoms with van der Waals surface area (Å²) in [5.74, 6) is 0.773. The number of rotatable bonds is 7. The van der Waals surface area contributed by atoms with Crippen molar-refractivity contribution in [2.75, 3.05) is 61.0 Å². The number of carbonyl (C=O) groups is 2. The molecule has 0 unspecified atom stereocenters. The lowest BCUT2D eigenvalue weighted by Gasteiger charge is -2.34. The van der Waals surface area contributed by atoms with E-state index >= 15 is 0 Å². The minimum Gasteiger partial charge on any atom is -0.502 e. The predicted molar refractivity (Wildman–Crippen MR) is 101 cm³/mol. The van der Waals surface area contributed by atoms with Crippen molar-refractivity contribution in [1.29, 1.82) is 0 Å². The topological polar surface area (TPSA) is 82.6 Å². The highest BCUT2D eigenvalue weighted by atomic mass is 16.5. The number of amides is 2. The number of aromatic hydroxyl groups is 1. The van der Waals surface area contributed by atoms with Crippen LogP contribution in [-0.2, 0) is 16.0 Å². The van der Waals surface area contributed by atoms with E-state index in [2.05, 4.69) is 4.90 Å². The van der Waals surface area contributed by atoms with Crippen LogP contribution in [0.3, 0.4) is 0 Å². The van der Waals surface area contributed by atoms with Crippen molar-refractivity contribution in [2.45, 2.75) is 12.8 Å². The number of methoxy groups -OCH3 is 2. The Kier molecular flexibility index (Phi) is 7.29. The number of carbonyl (C=O) groups excluding carboxylic acids is 2. The highest BCUT2D eigenvalue weighted by Gasteiger charge is 2.23. The SMILES string of the molecule is COc1cc(CCC(=O)N2CCN(CC(=O)N(C)C)CC2)cc(OC)c1O. The number of phenols is 1. The Morgan fingerprint density at radius 2 is 1.63 bits per heavy atom. The van der Waals surface area contributed by atoms with E-state index < -0.39 is 0 Å². The van der Waals surface area contributed by atoms with Crippen molar-refractivity contribution >= 4 is 11.8 Å². The van der Waals surface area contributed by atoms with Gasteiger partial charge in [0.2, 0.25) is 17.6 Å². The molecule has 0 bridgehead atoms.